The van der Waals surface area contributed by atoms with Crippen LogP contribution in [0.25, 0.3) is 0 Å². The van der Waals surface area contributed by atoms with Crippen molar-refractivity contribution >= 4 is 5.91 Å². The first-order chi connectivity index (χ1) is 8.61. The lowest BCUT2D eigenvalue weighted by atomic mass is 9.92. The van der Waals surface area contributed by atoms with Crippen molar-refractivity contribution in [3.05, 3.63) is 23.7 Å². The summed E-state index contributed by atoms with van der Waals surface area (Å²) in [6.07, 6.45) is 1.39. The van der Waals surface area contributed by atoms with Crippen LogP contribution >= 0.6 is 0 Å². The second-order valence-corrected chi connectivity index (χ2v) is 4.84. The van der Waals surface area contributed by atoms with Gasteiger partial charge in [0.05, 0.1) is 12.6 Å². The van der Waals surface area contributed by atoms with E-state index in [1.165, 1.54) is 0 Å². The lowest BCUT2D eigenvalue weighted by Gasteiger charge is -2.32. The Bertz CT molecular complexity index is 406. The van der Waals surface area contributed by atoms with E-state index in [0.717, 1.165) is 12.8 Å². The van der Waals surface area contributed by atoms with Gasteiger partial charge in [-0.1, -0.05) is 0 Å². The van der Waals surface area contributed by atoms with E-state index in [2.05, 4.69) is 0 Å². The van der Waals surface area contributed by atoms with Crippen LogP contribution in [0.4, 0.5) is 0 Å². The van der Waals surface area contributed by atoms with E-state index in [1.54, 1.807) is 17.0 Å². The molecule has 2 rings (SSSR count). The number of rotatable bonds is 3. The topological polar surface area (TPSA) is 79.7 Å². The molecular formula is C13H20N2O3. The fourth-order valence-corrected chi connectivity index (χ4v) is 2.34. The fourth-order valence-electron chi connectivity index (χ4n) is 2.34. The molecule has 100 valence electrons. The van der Waals surface area contributed by atoms with Crippen LogP contribution in [0.2, 0.25) is 0 Å². The Morgan fingerprint density at radius 1 is 1.56 bits per heavy atom. The third-order valence-electron chi connectivity index (χ3n) is 3.58. The number of piperidine rings is 1. The molecule has 1 aromatic rings. The van der Waals surface area contributed by atoms with Crippen molar-refractivity contribution in [3.63, 3.8) is 0 Å². The second kappa shape index (κ2) is 5.54. The maximum absolute atomic E-state index is 12.1. The number of aliphatic hydroxyl groups is 1. The highest BCUT2D eigenvalue weighted by Crippen LogP contribution is 2.22. The Labute approximate surface area is 107 Å². The normalized spacial score (nSPS) is 18.9. The zero-order valence-electron chi connectivity index (χ0n) is 10.6. The van der Waals surface area contributed by atoms with Gasteiger partial charge in [0.15, 0.2) is 5.76 Å². The van der Waals surface area contributed by atoms with Gasteiger partial charge < -0.3 is 20.2 Å². The van der Waals surface area contributed by atoms with Crippen molar-refractivity contribution in [1.82, 2.24) is 4.90 Å². The molecule has 5 nitrogen and oxygen atoms in total. The highest BCUT2D eigenvalue weighted by Gasteiger charge is 2.27. The predicted molar refractivity (Wildman–Crippen MR) is 66.9 cm³/mol. The Morgan fingerprint density at radius 2 is 2.22 bits per heavy atom. The SMILES string of the molecule is CC(O)C1CCN(C(=O)c2ccc(CN)o2)CC1. The largest absolute Gasteiger partial charge is 0.455 e. The second-order valence-electron chi connectivity index (χ2n) is 4.84. The maximum atomic E-state index is 12.1. The molecule has 1 amide bonds. The zero-order chi connectivity index (χ0) is 13.1. The summed E-state index contributed by atoms with van der Waals surface area (Å²) in [6, 6.07) is 3.40. The molecule has 0 spiro atoms. The van der Waals surface area contributed by atoms with Crippen LogP contribution in [0.3, 0.4) is 0 Å². The minimum atomic E-state index is -0.297. The fraction of sp³-hybridized carbons (Fsp3) is 0.615. The summed E-state index contributed by atoms with van der Waals surface area (Å²) in [5.41, 5.74) is 5.45. The third-order valence-corrected chi connectivity index (χ3v) is 3.58. The van der Waals surface area contributed by atoms with Gasteiger partial charge in [-0.15, -0.1) is 0 Å². The van der Waals surface area contributed by atoms with Gasteiger partial charge in [-0.05, 0) is 37.8 Å². The molecule has 0 radical (unpaired) electrons. The number of hydrogen-bond donors (Lipinski definition) is 2. The summed E-state index contributed by atoms with van der Waals surface area (Å²) < 4.78 is 5.36. The van der Waals surface area contributed by atoms with Crippen LogP contribution in [0, 0.1) is 5.92 Å². The molecule has 0 saturated carbocycles. The van der Waals surface area contributed by atoms with E-state index >= 15 is 0 Å². The predicted octanol–water partition coefficient (Wildman–Crippen LogP) is 0.971. The molecule has 1 aliphatic heterocycles. The van der Waals surface area contributed by atoms with Crippen LogP contribution in [0.15, 0.2) is 16.5 Å². The van der Waals surface area contributed by atoms with E-state index in [9.17, 15) is 9.90 Å². The summed E-state index contributed by atoms with van der Waals surface area (Å²) in [6.45, 7) is 3.46. The average Bonchev–Trinajstić information content (AvgIpc) is 2.86. The van der Waals surface area contributed by atoms with E-state index in [0.29, 0.717) is 37.1 Å². The number of nitrogens with zero attached hydrogens (tertiary/aromatic N) is 1. The first-order valence-corrected chi connectivity index (χ1v) is 6.38. The van der Waals surface area contributed by atoms with E-state index in [1.807, 2.05) is 6.92 Å². The molecule has 3 N–H and O–H groups in total. The quantitative estimate of drug-likeness (QED) is 0.840. The smallest absolute Gasteiger partial charge is 0.289 e. The lowest BCUT2D eigenvalue weighted by molar-refractivity contribution is 0.0497. The van der Waals surface area contributed by atoms with Crippen LogP contribution in [-0.2, 0) is 6.54 Å². The first kappa shape index (κ1) is 13.1. The number of likely N-dealkylation sites (tertiary alicyclic amines) is 1. The van der Waals surface area contributed by atoms with Crippen LogP contribution < -0.4 is 5.73 Å². The summed E-state index contributed by atoms with van der Waals surface area (Å²) in [5, 5.41) is 9.52. The van der Waals surface area contributed by atoms with Gasteiger partial charge in [0.2, 0.25) is 0 Å². The Kier molecular flexibility index (Phi) is 4.04. The van der Waals surface area contributed by atoms with Gasteiger partial charge in [-0.2, -0.15) is 0 Å². The highest BCUT2D eigenvalue weighted by molar-refractivity contribution is 5.91. The Morgan fingerprint density at radius 3 is 2.72 bits per heavy atom. The van der Waals surface area contributed by atoms with Crippen molar-refractivity contribution in [2.24, 2.45) is 11.7 Å². The van der Waals surface area contributed by atoms with Crippen molar-refractivity contribution in [2.45, 2.75) is 32.4 Å². The maximum Gasteiger partial charge on any atom is 0.289 e. The van der Waals surface area contributed by atoms with Crippen molar-refractivity contribution in [2.75, 3.05) is 13.1 Å². The van der Waals surface area contributed by atoms with Gasteiger partial charge in [0, 0.05) is 13.1 Å². The molecular weight excluding hydrogens is 232 g/mol. The summed E-state index contributed by atoms with van der Waals surface area (Å²) in [4.78, 5) is 13.9. The third kappa shape index (κ3) is 2.73. The standard InChI is InChI=1S/C13H20N2O3/c1-9(16)10-4-6-15(7-5-10)13(17)12-3-2-11(8-14)18-12/h2-3,9-10,16H,4-8,14H2,1H3. The minimum absolute atomic E-state index is 0.0845. The van der Waals surface area contributed by atoms with E-state index < -0.39 is 0 Å². The first-order valence-electron chi connectivity index (χ1n) is 6.38. The number of carbonyl (C=O) groups excluding carboxylic acids is 1. The lowest BCUT2D eigenvalue weighted by Crippen LogP contribution is -2.40. The number of carbonyl (C=O) groups is 1. The van der Waals surface area contributed by atoms with Gasteiger partial charge in [0.25, 0.3) is 5.91 Å². The minimum Gasteiger partial charge on any atom is -0.455 e. The molecule has 1 saturated heterocycles. The monoisotopic (exact) mass is 252 g/mol. The van der Waals surface area contributed by atoms with Crippen molar-refractivity contribution in [1.29, 1.82) is 0 Å². The molecule has 0 aliphatic carbocycles. The molecule has 0 bridgehead atoms. The molecule has 5 heteroatoms. The number of nitrogens with two attached hydrogens (primary N) is 1. The Balaban J connectivity index is 1.95. The molecule has 1 aliphatic rings. The molecule has 1 atom stereocenters. The highest BCUT2D eigenvalue weighted by atomic mass is 16.4. The van der Waals surface area contributed by atoms with Crippen LogP contribution in [0.5, 0.6) is 0 Å². The number of hydrogen-bond acceptors (Lipinski definition) is 4. The molecule has 0 aromatic carbocycles. The number of furan rings is 1. The van der Waals surface area contributed by atoms with E-state index in [4.69, 9.17) is 10.2 Å². The van der Waals surface area contributed by atoms with Crippen molar-refractivity contribution in [3.8, 4) is 0 Å². The summed E-state index contributed by atoms with van der Waals surface area (Å²) >= 11 is 0. The average molecular weight is 252 g/mol. The van der Waals surface area contributed by atoms with Gasteiger partial charge >= 0.3 is 0 Å². The van der Waals surface area contributed by atoms with Gasteiger partial charge in [-0.3, -0.25) is 4.79 Å². The van der Waals surface area contributed by atoms with E-state index in [-0.39, 0.29) is 12.0 Å². The molecule has 2 heterocycles. The van der Waals surface area contributed by atoms with Crippen molar-refractivity contribution < 1.29 is 14.3 Å². The summed E-state index contributed by atoms with van der Waals surface area (Å²) in [7, 11) is 0. The zero-order valence-corrected chi connectivity index (χ0v) is 10.6. The summed E-state index contributed by atoms with van der Waals surface area (Å²) in [5.74, 6) is 1.19. The number of aliphatic hydroxyl groups excluding tert-OH is 1. The van der Waals surface area contributed by atoms with Gasteiger partial charge in [-0.25, -0.2) is 0 Å². The molecule has 1 aromatic heterocycles. The molecule has 1 fully saturated rings. The van der Waals surface area contributed by atoms with Crippen LogP contribution in [0.1, 0.15) is 36.1 Å². The van der Waals surface area contributed by atoms with Crippen LogP contribution in [-0.4, -0.2) is 35.1 Å². The molecule has 18 heavy (non-hydrogen) atoms. The molecule has 1 unspecified atom stereocenters. The van der Waals surface area contributed by atoms with Gasteiger partial charge in [0.1, 0.15) is 5.76 Å². The Hall–Kier alpha value is -1.33. The number of amides is 1.